The fraction of sp³-hybridized carbons (Fsp3) is 0.190. The summed E-state index contributed by atoms with van der Waals surface area (Å²) in [4.78, 5) is 21.3. The number of pyridine rings is 1. The first-order valence-corrected chi connectivity index (χ1v) is 9.40. The number of halogens is 1. The zero-order valence-electron chi connectivity index (χ0n) is 15.7. The lowest BCUT2D eigenvalue weighted by Crippen LogP contribution is -2.28. The topological polar surface area (TPSA) is 71.8 Å². The molecule has 142 valence electrons. The first-order valence-electron chi connectivity index (χ1n) is 9.02. The summed E-state index contributed by atoms with van der Waals surface area (Å²) in [5, 5.41) is 7.93. The number of nitrogens with one attached hydrogen (secondary N) is 2. The van der Waals surface area contributed by atoms with Crippen LogP contribution in [0.4, 0.5) is 5.69 Å². The van der Waals surface area contributed by atoms with Gasteiger partial charge in [-0.2, -0.15) is 0 Å². The number of imidazole rings is 1. The highest BCUT2D eigenvalue weighted by Gasteiger charge is 2.10. The Balaban J connectivity index is 1.38. The molecule has 0 fully saturated rings. The van der Waals surface area contributed by atoms with Gasteiger partial charge in [-0.25, -0.2) is 4.98 Å². The molecule has 6 nitrogen and oxygen atoms in total. The lowest BCUT2D eigenvalue weighted by molar-refractivity contribution is 0.0955. The number of rotatable bonds is 5. The van der Waals surface area contributed by atoms with Gasteiger partial charge in [0.1, 0.15) is 5.82 Å². The van der Waals surface area contributed by atoms with Crippen molar-refractivity contribution >= 4 is 45.1 Å². The molecule has 0 bridgehead atoms. The van der Waals surface area contributed by atoms with Gasteiger partial charge < -0.3 is 15.2 Å². The van der Waals surface area contributed by atoms with Gasteiger partial charge in [-0.15, -0.1) is 0 Å². The van der Waals surface area contributed by atoms with Crippen molar-refractivity contribution in [1.29, 1.82) is 0 Å². The Hall–Kier alpha value is -3.12. The smallest absolute Gasteiger partial charge is 0.251 e. The molecule has 0 unspecified atom stereocenters. The minimum absolute atomic E-state index is 0.113. The van der Waals surface area contributed by atoms with Crippen LogP contribution < -0.4 is 10.6 Å². The van der Waals surface area contributed by atoms with Gasteiger partial charge in [-0.1, -0.05) is 11.6 Å². The Morgan fingerprint density at radius 3 is 2.82 bits per heavy atom. The van der Waals surface area contributed by atoms with Gasteiger partial charge in [0.2, 0.25) is 0 Å². The van der Waals surface area contributed by atoms with Gasteiger partial charge in [0.15, 0.2) is 0 Å². The second-order valence-electron chi connectivity index (χ2n) is 6.62. The predicted molar refractivity (Wildman–Crippen MR) is 113 cm³/mol. The fourth-order valence-electron chi connectivity index (χ4n) is 3.21. The third-order valence-electron chi connectivity index (χ3n) is 4.80. The Morgan fingerprint density at radius 2 is 1.96 bits per heavy atom. The molecule has 2 N–H and O–H groups in total. The molecule has 0 spiro atoms. The third-order valence-corrected chi connectivity index (χ3v) is 5.03. The zero-order chi connectivity index (χ0) is 19.7. The van der Waals surface area contributed by atoms with E-state index < -0.39 is 0 Å². The zero-order valence-corrected chi connectivity index (χ0v) is 16.4. The molecule has 0 atom stereocenters. The maximum Gasteiger partial charge on any atom is 0.251 e. The normalized spacial score (nSPS) is 11.1. The van der Waals surface area contributed by atoms with Crippen LogP contribution in [0, 0.1) is 6.92 Å². The number of aromatic nitrogens is 3. The van der Waals surface area contributed by atoms with Crippen LogP contribution in [0.3, 0.4) is 0 Å². The molecule has 1 amide bonds. The van der Waals surface area contributed by atoms with E-state index in [1.165, 1.54) is 0 Å². The molecule has 0 saturated heterocycles. The van der Waals surface area contributed by atoms with E-state index in [9.17, 15) is 4.79 Å². The van der Waals surface area contributed by atoms with Crippen LogP contribution in [0.15, 0.2) is 48.7 Å². The van der Waals surface area contributed by atoms with Crippen LogP contribution in [0.5, 0.6) is 0 Å². The molecule has 0 saturated carbocycles. The van der Waals surface area contributed by atoms with Gasteiger partial charge in [-0.3, -0.25) is 9.78 Å². The SMILES string of the molecule is Cc1nc2cc(C(=O)NCCNc3ccnc4cc(Cl)ccc34)ccc2n1C. The van der Waals surface area contributed by atoms with Crippen molar-refractivity contribution in [3.63, 3.8) is 0 Å². The van der Waals surface area contributed by atoms with Gasteiger partial charge in [0.05, 0.1) is 16.6 Å². The van der Waals surface area contributed by atoms with E-state index in [0.29, 0.717) is 23.7 Å². The van der Waals surface area contributed by atoms with Gasteiger partial charge in [0.25, 0.3) is 5.91 Å². The van der Waals surface area contributed by atoms with Gasteiger partial charge in [-0.05, 0) is 49.4 Å². The Morgan fingerprint density at radius 1 is 1.11 bits per heavy atom. The number of hydrogen-bond donors (Lipinski definition) is 2. The number of aryl methyl sites for hydroxylation is 2. The Kier molecular flexibility index (Phi) is 4.88. The van der Waals surface area contributed by atoms with Crippen LogP contribution in [-0.4, -0.2) is 33.5 Å². The lowest BCUT2D eigenvalue weighted by atomic mass is 10.2. The highest BCUT2D eigenvalue weighted by Crippen LogP contribution is 2.24. The molecule has 7 heteroatoms. The molecule has 2 heterocycles. The molecule has 2 aromatic heterocycles. The molecular weight excluding hydrogens is 374 g/mol. The van der Waals surface area contributed by atoms with Gasteiger partial charge in [0, 0.05) is 48.0 Å². The number of carbonyl (C=O) groups excluding carboxylic acids is 1. The summed E-state index contributed by atoms with van der Waals surface area (Å²) in [7, 11) is 1.97. The monoisotopic (exact) mass is 393 g/mol. The molecule has 0 aliphatic rings. The summed E-state index contributed by atoms with van der Waals surface area (Å²) in [6.45, 7) is 3.04. The average Bonchev–Trinajstić information content (AvgIpc) is 2.98. The maximum absolute atomic E-state index is 12.4. The average molecular weight is 394 g/mol. The summed E-state index contributed by atoms with van der Waals surface area (Å²) < 4.78 is 2.01. The number of carbonyl (C=O) groups is 1. The van der Waals surface area contributed by atoms with Crippen molar-refractivity contribution in [3.05, 3.63) is 65.1 Å². The second kappa shape index (κ2) is 7.48. The summed E-state index contributed by atoms with van der Waals surface area (Å²) >= 11 is 6.02. The largest absolute Gasteiger partial charge is 0.383 e. The van der Waals surface area contributed by atoms with Crippen LogP contribution in [0.2, 0.25) is 5.02 Å². The molecular formula is C21H20ClN5O. The summed E-state index contributed by atoms with van der Waals surface area (Å²) in [6, 6.07) is 13.1. The molecule has 0 radical (unpaired) electrons. The maximum atomic E-state index is 12.4. The number of fused-ring (bicyclic) bond motifs is 2. The van der Waals surface area contributed by atoms with E-state index in [1.807, 2.05) is 61.0 Å². The fourth-order valence-corrected chi connectivity index (χ4v) is 3.38. The molecule has 0 aliphatic heterocycles. The highest BCUT2D eigenvalue weighted by molar-refractivity contribution is 6.31. The van der Waals surface area contributed by atoms with E-state index in [2.05, 4.69) is 20.6 Å². The quantitative estimate of drug-likeness (QED) is 0.504. The minimum Gasteiger partial charge on any atom is -0.383 e. The number of benzene rings is 2. The Labute approximate surface area is 167 Å². The molecule has 2 aromatic carbocycles. The van der Waals surface area contributed by atoms with Crippen molar-refractivity contribution in [3.8, 4) is 0 Å². The summed E-state index contributed by atoms with van der Waals surface area (Å²) in [5.74, 6) is 0.806. The lowest BCUT2D eigenvalue weighted by Gasteiger charge is -2.10. The van der Waals surface area contributed by atoms with Crippen molar-refractivity contribution in [2.24, 2.45) is 7.05 Å². The summed E-state index contributed by atoms with van der Waals surface area (Å²) in [5.41, 5.74) is 4.24. The van der Waals surface area contributed by atoms with Crippen LogP contribution in [0.25, 0.3) is 21.9 Å². The van der Waals surface area contributed by atoms with Crippen LogP contribution >= 0.6 is 11.6 Å². The predicted octanol–water partition coefficient (Wildman–Crippen LogP) is 3.93. The van der Waals surface area contributed by atoms with Crippen molar-refractivity contribution in [2.45, 2.75) is 6.92 Å². The number of anilines is 1. The van der Waals surface area contributed by atoms with Gasteiger partial charge >= 0.3 is 0 Å². The number of hydrogen-bond acceptors (Lipinski definition) is 4. The number of amides is 1. The standard InChI is InChI=1S/C21H20ClN5O/c1-13-26-19-11-14(3-6-20(19)27(13)2)21(28)25-10-9-24-17-7-8-23-18-12-15(22)4-5-16(17)18/h3-8,11-12H,9-10H2,1-2H3,(H,23,24)(H,25,28). The van der Waals surface area contributed by atoms with Crippen LogP contribution in [0.1, 0.15) is 16.2 Å². The first kappa shape index (κ1) is 18.3. The molecule has 0 aliphatic carbocycles. The second-order valence-corrected chi connectivity index (χ2v) is 7.06. The molecule has 28 heavy (non-hydrogen) atoms. The minimum atomic E-state index is -0.113. The van der Waals surface area contributed by atoms with E-state index in [4.69, 9.17) is 11.6 Å². The first-order chi connectivity index (χ1) is 13.5. The highest BCUT2D eigenvalue weighted by atomic mass is 35.5. The van der Waals surface area contributed by atoms with Crippen molar-refractivity contribution in [1.82, 2.24) is 19.9 Å². The Bertz CT molecular complexity index is 1180. The molecule has 4 rings (SSSR count). The van der Waals surface area contributed by atoms with Crippen molar-refractivity contribution < 1.29 is 4.79 Å². The molecule has 4 aromatic rings. The van der Waals surface area contributed by atoms with Crippen molar-refractivity contribution in [2.75, 3.05) is 18.4 Å². The van der Waals surface area contributed by atoms with E-state index in [-0.39, 0.29) is 5.91 Å². The summed E-state index contributed by atoms with van der Waals surface area (Å²) in [6.07, 6.45) is 1.74. The van der Waals surface area contributed by atoms with E-state index in [1.54, 1.807) is 6.20 Å². The van der Waals surface area contributed by atoms with Crippen LogP contribution in [-0.2, 0) is 7.05 Å². The van der Waals surface area contributed by atoms with E-state index >= 15 is 0 Å². The van der Waals surface area contributed by atoms with E-state index in [0.717, 1.165) is 33.4 Å². The number of nitrogens with zero attached hydrogens (tertiary/aromatic N) is 3. The third kappa shape index (κ3) is 3.51.